The zero-order valence-electron chi connectivity index (χ0n) is 9.68. The summed E-state index contributed by atoms with van der Waals surface area (Å²) in [7, 11) is 0. The van der Waals surface area contributed by atoms with Crippen molar-refractivity contribution in [3.63, 3.8) is 0 Å². The lowest BCUT2D eigenvalue weighted by atomic mass is 9.86. The second kappa shape index (κ2) is 3.46. The molecule has 2 aliphatic rings. The van der Waals surface area contributed by atoms with E-state index in [0.717, 1.165) is 32.6 Å². The van der Waals surface area contributed by atoms with Gasteiger partial charge < -0.3 is 16.0 Å². The lowest BCUT2D eigenvalue weighted by molar-refractivity contribution is -0.119. The first-order valence-electron chi connectivity index (χ1n) is 5.67. The van der Waals surface area contributed by atoms with Crippen LogP contribution in [0, 0.1) is 5.41 Å². The van der Waals surface area contributed by atoms with Crippen LogP contribution in [0.2, 0.25) is 0 Å². The van der Waals surface area contributed by atoms with E-state index in [1.807, 2.05) is 0 Å². The van der Waals surface area contributed by atoms with Crippen molar-refractivity contribution in [2.75, 3.05) is 26.2 Å². The van der Waals surface area contributed by atoms with E-state index in [0.29, 0.717) is 6.42 Å². The van der Waals surface area contributed by atoms with Crippen molar-refractivity contribution < 1.29 is 4.79 Å². The largest absolute Gasteiger partial charge is 0.355 e. The first kappa shape index (κ1) is 10.9. The van der Waals surface area contributed by atoms with E-state index in [9.17, 15) is 4.79 Å². The molecule has 0 aromatic carbocycles. The molecule has 0 radical (unpaired) electrons. The van der Waals surface area contributed by atoms with Crippen molar-refractivity contribution in [3.8, 4) is 0 Å². The van der Waals surface area contributed by atoms with Crippen molar-refractivity contribution >= 4 is 5.91 Å². The summed E-state index contributed by atoms with van der Waals surface area (Å²) in [6, 6.07) is 0. The first-order valence-corrected chi connectivity index (χ1v) is 5.67. The molecule has 2 saturated heterocycles. The average Bonchev–Trinajstić information content (AvgIpc) is 2.58. The van der Waals surface area contributed by atoms with Crippen molar-refractivity contribution in [2.24, 2.45) is 11.1 Å². The molecule has 0 aromatic rings. The second-order valence-corrected chi connectivity index (χ2v) is 5.90. The molecule has 3 N–H and O–H groups in total. The highest BCUT2D eigenvalue weighted by Crippen LogP contribution is 2.36. The zero-order valence-corrected chi connectivity index (χ0v) is 9.68. The highest BCUT2D eigenvalue weighted by molar-refractivity contribution is 5.79. The number of likely N-dealkylation sites (tertiary alicyclic amines) is 1. The predicted molar refractivity (Wildman–Crippen MR) is 59.4 cm³/mol. The van der Waals surface area contributed by atoms with Gasteiger partial charge in [0.05, 0.1) is 0 Å². The molecule has 1 atom stereocenters. The number of nitrogens with zero attached hydrogens (tertiary/aromatic N) is 1. The minimum atomic E-state index is -0.137. The van der Waals surface area contributed by atoms with Gasteiger partial charge in [0.25, 0.3) is 0 Å². The minimum absolute atomic E-state index is 0.137. The maximum absolute atomic E-state index is 11.2. The molecule has 86 valence electrons. The van der Waals surface area contributed by atoms with Crippen LogP contribution in [-0.4, -0.2) is 42.5 Å². The lowest BCUT2D eigenvalue weighted by Gasteiger charge is -2.27. The third kappa shape index (κ3) is 2.49. The molecule has 2 heterocycles. The summed E-state index contributed by atoms with van der Waals surface area (Å²) in [5, 5.41) is 2.94. The van der Waals surface area contributed by atoms with Gasteiger partial charge in [-0.2, -0.15) is 0 Å². The van der Waals surface area contributed by atoms with Gasteiger partial charge in [-0.1, -0.05) is 0 Å². The van der Waals surface area contributed by atoms with E-state index in [1.165, 1.54) is 0 Å². The maximum atomic E-state index is 11.2. The van der Waals surface area contributed by atoms with Gasteiger partial charge in [-0.3, -0.25) is 4.79 Å². The van der Waals surface area contributed by atoms with E-state index < -0.39 is 0 Å². The third-order valence-electron chi connectivity index (χ3n) is 3.34. The zero-order chi connectivity index (χ0) is 11.1. The summed E-state index contributed by atoms with van der Waals surface area (Å²) < 4.78 is 0. The normalized spacial score (nSPS) is 32.6. The van der Waals surface area contributed by atoms with Crippen LogP contribution < -0.4 is 11.1 Å². The van der Waals surface area contributed by atoms with Gasteiger partial charge >= 0.3 is 0 Å². The summed E-state index contributed by atoms with van der Waals surface area (Å²) in [6.07, 6.45) is 1.83. The fourth-order valence-electron chi connectivity index (χ4n) is 2.78. The van der Waals surface area contributed by atoms with E-state index in [4.69, 9.17) is 5.73 Å². The molecule has 0 aromatic heterocycles. The van der Waals surface area contributed by atoms with Gasteiger partial charge in [0.2, 0.25) is 5.91 Å². The number of carbonyl (C=O) groups is 1. The Morgan fingerprint density at radius 1 is 1.60 bits per heavy atom. The van der Waals surface area contributed by atoms with Crippen molar-refractivity contribution in [1.82, 2.24) is 10.2 Å². The Morgan fingerprint density at radius 3 is 2.87 bits per heavy atom. The van der Waals surface area contributed by atoms with Crippen LogP contribution in [0.4, 0.5) is 0 Å². The number of carbonyl (C=O) groups excluding carboxylic acids is 1. The number of hydrogen-bond acceptors (Lipinski definition) is 3. The molecule has 4 nitrogen and oxygen atoms in total. The summed E-state index contributed by atoms with van der Waals surface area (Å²) in [5.41, 5.74) is 6.08. The van der Waals surface area contributed by atoms with Gasteiger partial charge in [-0.25, -0.2) is 0 Å². The monoisotopic (exact) mass is 211 g/mol. The van der Waals surface area contributed by atoms with Gasteiger partial charge in [0.1, 0.15) is 0 Å². The summed E-state index contributed by atoms with van der Waals surface area (Å²) >= 11 is 0. The van der Waals surface area contributed by atoms with Gasteiger partial charge in [0.15, 0.2) is 0 Å². The summed E-state index contributed by atoms with van der Waals surface area (Å²) in [5.74, 6) is 0.212. The molecule has 15 heavy (non-hydrogen) atoms. The molecule has 1 unspecified atom stereocenters. The van der Waals surface area contributed by atoms with Crippen LogP contribution in [0.25, 0.3) is 0 Å². The fraction of sp³-hybridized carbons (Fsp3) is 0.909. The van der Waals surface area contributed by atoms with Crippen LogP contribution in [0.15, 0.2) is 0 Å². The van der Waals surface area contributed by atoms with Crippen molar-refractivity contribution in [2.45, 2.75) is 32.2 Å². The Kier molecular flexibility index (Phi) is 2.51. The maximum Gasteiger partial charge on any atom is 0.220 e. The third-order valence-corrected chi connectivity index (χ3v) is 3.34. The van der Waals surface area contributed by atoms with Gasteiger partial charge in [-0.05, 0) is 26.8 Å². The lowest BCUT2D eigenvalue weighted by Crippen LogP contribution is -2.45. The van der Waals surface area contributed by atoms with Gasteiger partial charge in [-0.15, -0.1) is 0 Å². The van der Waals surface area contributed by atoms with Crippen LogP contribution in [-0.2, 0) is 4.79 Å². The molecule has 0 aliphatic carbocycles. The fourth-order valence-corrected chi connectivity index (χ4v) is 2.78. The van der Waals surface area contributed by atoms with Crippen LogP contribution in [0.3, 0.4) is 0 Å². The van der Waals surface area contributed by atoms with E-state index in [1.54, 1.807) is 0 Å². The number of nitrogens with one attached hydrogen (secondary N) is 1. The summed E-state index contributed by atoms with van der Waals surface area (Å²) in [4.78, 5) is 13.6. The molecular formula is C11H21N3O. The van der Waals surface area contributed by atoms with Crippen LogP contribution in [0.5, 0.6) is 0 Å². The van der Waals surface area contributed by atoms with Crippen LogP contribution >= 0.6 is 0 Å². The van der Waals surface area contributed by atoms with E-state index in [-0.39, 0.29) is 16.9 Å². The smallest absolute Gasteiger partial charge is 0.220 e. The Balaban J connectivity index is 1.92. The quantitative estimate of drug-likeness (QED) is 0.672. The molecule has 1 amide bonds. The summed E-state index contributed by atoms with van der Waals surface area (Å²) in [6.45, 7) is 7.98. The minimum Gasteiger partial charge on any atom is -0.355 e. The molecular weight excluding hydrogens is 190 g/mol. The highest BCUT2D eigenvalue weighted by atomic mass is 16.1. The topological polar surface area (TPSA) is 58.4 Å². The Morgan fingerprint density at radius 2 is 2.33 bits per heavy atom. The molecule has 0 saturated carbocycles. The van der Waals surface area contributed by atoms with Crippen molar-refractivity contribution in [1.29, 1.82) is 0 Å². The predicted octanol–water partition coefficient (Wildman–Crippen LogP) is -0.0643. The van der Waals surface area contributed by atoms with E-state index >= 15 is 0 Å². The Hall–Kier alpha value is -0.610. The standard InChI is InChI=1S/C11H21N3O/c1-10(2,12)7-14-4-3-11(8-14)5-9(15)13-6-11/h3-8,12H2,1-2H3,(H,13,15). The van der Waals surface area contributed by atoms with Crippen LogP contribution in [0.1, 0.15) is 26.7 Å². The Bertz CT molecular complexity index is 271. The number of amides is 1. The number of rotatable bonds is 2. The number of hydrogen-bond donors (Lipinski definition) is 2. The number of nitrogens with two attached hydrogens (primary N) is 1. The molecule has 0 bridgehead atoms. The first-order chi connectivity index (χ1) is 6.89. The molecule has 2 rings (SSSR count). The second-order valence-electron chi connectivity index (χ2n) is 5.90. The van der Waals surface area contributed by atoms with Crippen molar-refractivity contribution in [3.05, 3.63) is 0 Å². The average molecular weight is 211 g/mol. The molecule has 4 heteroatoms. The van der Waals surface area contributed by atoms with Gasteiger partial charge in [0, 0.05) is 37.0 Å². The van der Waals surface area contributed by atoms with E-state index in [2.05, 4.69) is 24.1 Å². The SMILES string of the molecule is CC(C)(N)CN1CCC2(CNC(=O)C2)C1. The highest BCUT2D eigenvalue weighted by Gasteiger charge is 2.44. The molecule has 2 aliphatic heterocycles. The molecule has 1 spiro atoms. The Labute approximate surface area is 91.2 Å². The molecule has 2 fully saturated rings.